The fourth-order valence-electron chi connectivity index (χ4n) is 5.72. The molecule has 3 heterocycles. The molecule has 0 radical (unpaired) electrons. The van der Waals surface area contributed by atoms with E-state index in [9.17, 15) is 0 Å². The first-order chi connectivity index (χ1) is 14.3. The van der Waals surface area contributed by atoms with Gasteiger partial charge in [-0.25, -0.2) is 4.98 Å². The average molecular weight is 401 g/mol. The van der Waals surface area contributed by atoms with Crippen LogP contribution in [0.15, 0.2) is 12.3 Å². The largest absolute Gasteiger partial charge is 0.356 e. The highest BCUT2D eigenvalue weighted by atomic mass is 15.3. The molecule has 1 aliphatic carbocycles. The second kappa shape index (κ2) is 10.6. The highest BCUT2D eigenvalue weighted by Gasteiger charge is 2.35. The molecule has 1 aromatic rings. The average Bonchev–Trinajstić information content (AvgIpc) is 3.06. The highest BCUT2D eigenvalue weighted by Crippen LogP contribution is 2.31. The molecule has 0 bridgehead atoms. The Morgan fingerprint density at radius 1 is 0.931 bits per heavy atom. The van der Waals surface area contributed by atoms with E-state index in [4.69, 9.17) is 10.7 Å². The first kappa shape index (κ1) is 20.9. The SMILES string of the molecule is NCCC1C(Nc2nccc(N3CCCCCC3)n2)CCCN1C1CCCCC1. The number of nitrogens with zero attached hydrogens (tertiary/aromatic N) is 4. The second-order valence-corrected chi connectivity index (χ2v) is 9.21. The van der Waals surface area contributed by atoms with Gasteiger partial charge in [0, 0.05) is 37.4 Å². The summed E-state index contributed by atoms with van der Waals surface area (Å²) < 4.78 is 0. The van der Waals surface area contributed by atoms with Gasteiger partial charge < -0.3 is 16.0 Å². The van der Waals surface area contributed by atoms with Gasteiger partial charge in [-0.05, 0) is 64.1 Å². The molecule has 2 unspecified atom stereocenters. The van der Waals surface area contributed by atoms with Crippen LogP contribution in [0.4, 0.5) is 11.8 Å². The van der Waals surface area contributed by atoms with E-state index in [2.05, 4.69) is 26.2 Å². The molecular weight excluding hydrogens is 360 g/mol. The van der Waals surface area contributed by atoms with Crippen LogP contribution in [0.5, 0.6) is 0 Å². The molecule has 0 spiro atoms. The monoisotopic (exact) mass is 400 g/mol. The van der Waals surface area contributed by atoms with E-state index in [1.807, 2.05) is 6.20 Å². The molecule has 2 saturated heterocycles. The van der Waals surface area contributed by atoms with E-state index < -0.39 is 0 Å². The summed E-state index contributed by atoms with van der Waals surface area (Å²) in [5, 5.41) is 3.73. The number of hydrogen-bond acceptors (Lipinski definition) is 6. The third-order valence-corrected chi connectivity index (χ3v) is 7.21. The second-order valence-electron chi connectivity index (χ2n) is 9.21. The van der Waals surface area contributed by atoms with Crippen LogP contribution in [0.3, 0.4) is 0 Å². The van der Waals surface area contributed by atoms with Gasteiger partial charge in [0.2, 0.25) is 5.95 Å². The summed E-state index contributed by atoms with van der Waals surface area (Å²) in [5.74, 6) is 1.88. The first-order valence-corrected chi connectivity index (χ1v) is 12.2. The van der Waals surface area contributed by atoms with E-state index in [-0.39, 0.29) is 0 Å². The highest BCUT2D eigenvalue weighted by molar-refractivity contribution is 5.43. The maximum atomic E-state index is 6.05. The maximum Gasteiger partial charge on any atom is 0.224 e. The van der Waals surface area contributed by atoms with Crippen molar-refractivity contribution in [3.8, 4) is 0 Å². The summed E-state index contributed by atoms with van der Waals surface area (Å²) in [7, 11) is 0. The lowest BCUT2D eigenvalue weighted by atomic mass is 9.87. The molecule has 0 aromatic carbocycles. The minimum absolute atomic E-state index is 0.397. The molecule has 3 N–H and O–H groups in total. The van der Waals surface area contributed by atoms with E-state index >= 15 is 0 Å². The fourth-order valence-corrected chi connectivity index (χ4v) is 5.72. The normalized spacial score (nSPS) is 27.6. The maximum absolute atomic E-state index is 6.05. The van der Waals surface area contributed by atoms with E-state index in [0.29, 0.717) is 12.1 Å². The Kier molecular flexibility index (Phi) is 7.61. The zero-order valence-corrected chi connectivity index (χ0v) is 18.1. The number of nitrogens with two attached hydrogens (primary N) is 1. The van der Waals surface area contributed by atoms with Gasteiger partial charge >= 0.3 is 0 Å². The smallest absolute Gasteiger partial charge is 0.224 e. The minimum atomic E-state index is 0.397. The van der Waals surface area contributed by atoms with Gasteiger partial charge in [0.1, 0.15) is 5.82 Å². The van der Waals surface area contributed by atoms with Crippen LogP contribution >= 0.6 is 0 Å². The summed E-state index contributed by atoms with van der Waals surface area (Å²) in [5.41, 5.74) is 6.05. The zero-order chi connectivity index (χ0) is 19.9. The Balaban J connectivity index is 1.45. The third-order valence-electron chi connectivity index (χ3n) is 7.21. The number of nitrogens with one attached hydrogen (secondary N) is 1. The van der Waals surface area contributed by atoms with Crippen LogP contribution in [0.2, 0.25) is 0 Å². The number of rotatable bonds is 6. The molecular formula is C23H40N6. The molecule has 0 amide bonds. The van der Waals surface area contributed by atoms with Crippen LogP contribution in [-0.4, -0.2) is 59.2 Å². The lowest BCUT2D eigenvalue weighted by Crippen LogP contribution is -2.56. The van der Waals surface area contributed by atoms with Crippen LogP contribution in [-0.2, 0) is 0 Å². The van der Waals surface area contributed by atoms with Gasteiger partial charge in [0.15, 0.2) is 0 Å². The molecule has 6 nitrogen and oxygen atoms in total. The van der Waals surface area contributed by atoms with Crippen molar-refractivity contribution < 1.29 is 0 Å². The predicted molar refractivity (Wildman–Crippen MR) is 120 cm³/mol. The van der Waals surface area contributed by atoms with Crippen molar-refractivity contribution in [1.82, 2.24) is 14.9 Å². The topological polar surface area (TPSA) is 70.3 Å². The Morgan fingerprint density at radius 2 is 1.69 bits per heavy atom. The summed E-state index contributed by atoms with van der Waals surface area (Å²) in [6, 6.07) is 3.72. The van der Waals surface area contributed by atoms with Crippen LogP contribution in [0.1, 0.15) is 77.0 Å². The molecule has 2 aliphatic heterocycles. The standard InChI is InChI=1S/C23H40N6/c24-14-12-21-20(11-8-18-29(21)19-9-4-3-5-10-19)26-23-25-15-13-22(27-23)28-16-6-1-2-7-17-28/h13,15,19-21H,1-12,14,16-18,24H2,(H,25,26,27). The van der Waals surface area contributed by atoms with E-state index in [1.165, 1.54) is 77.2 Å². The molecule has 3 fully saturated rings. The van der Waals surface area contributed by atoms with Gasteiger partial charge in [0.25, 0.3) is 0 Å². The Hall–Kier alpha value is -1.40. The molecule has 6 heteroatoms. The van der Waals surface area contributed by atoms with Crippen LogP contribution in [0.25, 0.3) is 0 Å². The first-order valence-electron chi connectivity index (χ1n) is 12.2. The number of aromatic nitrogens is 2. The number of anilines is 2. The number of likely N-dealkylation sites (tertiary alicyclic amines) is 1. The van der Waals surface area contributed by atoms with Crippen LogP contribution < -0.4 is 16.0 Å². The predicted octanol–water partition coefficient (Wildman–Crippen LogP) is 3.78. The molecule has 2 atom stereocenters. The third kappa shape index (κ3) is 5.40. The molecule has 1 aromatic heterocycles. The zero-order valence-electron chi connectivity index (χ0n) is 18.1. The molecule has 1 saturated carbocycles. The van der Waals surface area contributed by atoms with Gasteiger partial charge in [-0.15, -0.1) is 0 Å². The number of piperidine rings is 1. The van der Waals surface area contributed by atoms with E-state index in [0.717, 1.165) is 43.9 Å². The van der Waals surface area contributed by atoms with Gasteiger partial charge in [-0.2, -0.15) is 4.98 Å². The Bertz CT molecular complexity index is 609. The molecule has 4 rings (SSSR count). The minimum Gasteiger partial charge on any atom is -0.356 e. The van der Waals surface area contributed by atoms with Crippen molar-refractivity contribution in [2.75, 3.05) is 36.4 Å². The van der Waals surface area contributed by atoms with E-state index in [1.54, 1.807) is 0 Å². The van der Waals surface area contributed by atoms with Crippen molar-refractivity contribution in [1.29, 1.82) is 0 Å². The van der Waals surface area contributed by atoms with Gasteiger partial charge in [-0.1, -0.05) is 32.1 Å². The van der Waals surface area contributed by atoms with Crippen molar-refractivity contribution in [3.05, 3.63) is 12.3 Å². The van der Waals surface area contributed by atoms with Crippen molar-refractivity contribution >= 4 is 11.8 Å². The van der Waals surface area contributed by atoms with Crippen molar-refractivity contribution in [2.24, 2.45) is 5.73 Å². The molecule has 29 heavy (non-hydrogen) atoms. The lowest BCUT2D eigenvalue weighted by Gasteiger charge is -2.46. The fraction of sp³-hybridized carbons (Fsp3) is 0.826. The summed E-state index contributed by atoms with van der Waals surface area (Å²) >= 11 is 0. The van der Waals surface area contributed by atoms with Crippen molar-refractivity contribution in [2.45, 2.75) is 95.2 Å². The molecule has 162 valence electrons. The summed E-state index contributed by atoms with van der Waals surface area (Å²) in [4.78, 5) is 14.7. The van der Waals surface area contributed by atoms with Gasteiger partial charge in [0.05, 0.1) is 0 Å². The molecule has 3 aliphatic rings. The Morgan fingerprint density at radius 3 is 2.45 bits per heavy atom. The van der Waals surface area contributed by atoms with Crippen LogP contribution in [0, 0.1) is 0 Å². The summed E-state index contributed by atoms with van der Waals surface area (Å²) in [6.45, 7) is 4.21. The number of hydrogen-bond donors (Lipinski definition) is 2. The van der Waals surface area contributed by atoms with Crippen molar-refractivity contribution in [3.63, 3.8) is 0 Å². The summed E-state index contributed by atoms with van der Waals surface area (Å²) in [6.07, 6.45) is 17.5. The Labute approximate surface area is 176 Å². The van der Waals surface area contributed by atoms with Gasteiger partial charge in [-0.3, -0.25) is 4.90 Å². The lowest BCUT2D eigenvalue weighted by molar-refractivity contribution is 0.0609. The quantitative estimate of drug-likeness (QED) is 0.757.